The number of nitrogens with one attached hydrogen (secondary N) is 1. The van der Waals surface area contributed by atoms with Gasteiger partial charge in [0.25, 0.3) is 0 Å². The van der Waals surface area contributed by atoms with E-state index >= 15 is 0 Å². The summed E-state index contributed by atoms with van der Waals surface area (Å²) in [6.07, 6.45) is 2.35. The Labute approximate surface area is 139 Å². The van der Waals surface area contributed by atoms with Gasteiger partial charge in [0.2, 0.25) is 5.91 Å². The predicted octanol–water partition coefficient (Wildman–Crippen LogP) is 3.26. The Bertz CT molecular complexity index is 813. The Hall–Kier alpha value is -2.95. The average molecular weight is 323 g/mol. The molecule has 0 fully saturated rings. The number of rotatable bonds is 2. The minimum atomic E-state index is -0.168. The van der Waals surface area contributed by atoms with Gasteiger partial charge < -0.3 is 19.5 Å². The number of carbonyl (C=O) groups is 1. The van der Waals surface area contributed by atoms with Crippen LogP contribution in [-0.2, 0) is 4.79 Å². The number of ether oxygens (including phenoxy) is 3. The lowest BCUT2D eigenvalue weighted by Crippen LogP contribution is -2.16. The van der Waals surface area contributed by atoms with Crippen LogP contribution in [0.1, 0.15) is 12.0 Å². The average Bonchev–Trinajstić information content (AvgIpc) is 2.62. The van der Waals surface area contributed by atoms with Crippen LogP contribution < -0.4 is 19.5 Å². The van der Waals surface area contributed by atoms with E-state index in [4.69, 9.17) is 14.2 Å². The van der Waals surface area contributed by atoms with Gasteiger partial charge in [-0.2, -0.15) is 0 Å². The summed E-state index contributed by atoms with van der Waals surface area (Å²) in [5.41, 5.74) is 2.63. The van der Waals surface area contributed by atoms with E-state index in [9.17, 15) is 4.79 Å². The quantitative estimate of drug-likeness (QED) is 0.862. The van der Waals surface area contributed by atoms with Crippen molar-refractivity contribution in [3.05, 3.63) is 54.1 Å². The van der Waals surface area contributed by atoms with E-state index in [1.54, 1.807) is 18.2 Å². The minimum Gasteiger partial charge on any atom is -0.493 e. The van der Waals surface area contributed by atoms with Crippen LogP contribution in [0.2, 0.25) is 0 Å². The smallest absolute Gasteiger partial charge is 0.248 e. The van der Waals surface area contributed by atoms with Crippen LogP contribution >= 0.6 is 0 Å². The van der Waals surface area contributed by atoms with Crippen LogP contribution in [0.25, 0.3) is 5.57 Å². The first-order chi connectivity index (χ1) is 11.8. The summed E-state index contributed by atoms with van der Waals surface area (Å²) in [5, 5.41) is 2.88. The molecule has 2 aromatic rings. The van der Waals surface area contributed by atoms with E-state index in [1.807, 2.05) is 30.3 Å². The van der Waals surface area contributed by atoms with E-state index in [0.29, 0.717) is 43.4 Å². The third-order valence-electron chi connectivity index (χ3n) is 3.98. The van der Waals surface area contributed by atoms with Crippen LogP contribution in [0.5, 0.6) is 17.2 Å². The second kappa shape index (κ2) is 6.28. The second-order valence-corrected chi connectivity index (χ2v) is 5.61. The van der Waals surface area contributed by atoms with Gasteiger partial charge in [-0.15, -0.1) is 0 Å². The highest BCUT2D eigenvalue weighted by atomic mass is 16.6. The van der Waals surface area contributed by atoms with Gasteiger partial charge in [0.05, 0.1) is 6.61 Å². The molecule has 0 aliphatic carbocycles. The van der Waals surface area contributed by atoms with E-state index in [1.165, 1.54) is 0 Å². The molecule has 122 valence electrons. The molecule has 0 bridgehead atoms. The van der Waals surface area contributed by atoms with Crippen molar-refractivity contribution in [3.8, 4) is 17.2 Å². The summed E-state index contributed by atoms with van der Waals surface area (Å²) >= 11 is 0. The molecular formula is C19H17NO4. The van der Waals surface area contributed by atoms with Crippen molar-refractivity contribution in [3.63, 3.8) is 0 Å². The van der Waals surface area contributed by atoms with Crippen molar-refractivity contribution >= 4 is 17.2 Å². The molecule has 2 aromatic carbocycles. The summed E-state index contributed by atoms with van der Waals surface area (Å²) in [7, 11) is 0. The predicted molar refractivity (Wildman–Crippen MR) is 90.6 cm³/mol. The lowest BCUT2D eigenvalue weighted by Gasteiger charge is -2.20. The lowest BCUT2D eigenvalue weighted by atomic mass is 9.99. The number of para-hydroxylation sites is 1. The van der Waals surface area contributed by atoms with Gasteiger partial charge in [-0.25, -0.2) is 0 Å². The molecule has 4 rings (SSSR count). The van der Waals surface area contributed by atoms with Gasteiger partial charge in [0.1, 0.15) is 19.0 Å². The molecule has 0 saturated heterocycles. The highest BCUT2D eigenvalue weighted by Crippen LogP contribution is 2.34. The molecular weight excluding hydrogens is 306 g/mol. The van der Waals surface area contributed by atoms with Crippen molar-refractivity contribution in [2.75, 3.05) is 25.1 Å². The molecule has 0 atom stereocenters. The van der Waals surface area contributed by atoms with E-state index < -0.39 is 0 Å². The molecule has 5 heteroatoms. The molecule has 0 unspecified atom stereocenters. The molecule has 0 saturated carbocycles. The maximum Gasteiger partial charge on any atom is 0.248 e. The summed E-state index contributed by atoms with van der Waals surface area (Å²) in [4.78, 5) is 12.4. The van der Waals surface area contributed by atoms with E-state index in [-0.39, 0.29) is 5.91 Å². The van der Waals surface area contributed by atoms with Gasteiger partial charge >= 0.3 is 0 Å². The lowest BCUT2D eigenvalue weighted by molar-refractivity contribution is -0.111. The normalized spacial score (nSPS) is 16.9. The van der Waals surface area contributed by atoms with Crippen LogP contribution in [0.15, 0.2) is 48.5 Å². The first-order valence-corrected chi connectivity index (χ1v) is 7.93. The van der Waals surface area contributed by atoms with Crippen molar-refractivity contribution in [2.45, 2.75) is 6.42 Å². The third kappa shape index (κ3) is 2.93. The Morgan fingerprint density at radius 1 is 0.917 bits per heavy atom. The Morgan fingerprint density at radius 2 is 1.71 bits per heavy atom. The first-order valence-electron chi connectivity index (χ1n) is 7.93. The zero-order valence-electron chi connectivity index (χ0n) is 13.1. The number of anilines is 1. The zero-order valence-corrected chi connectivity index (χ0v) is 13.1. The molecule has 0 aromatic heterocycles. The molecule has 2 heterocycles. The summed E-state index contributed by atoms with van der Waals surface area (Å²) < 4.78 is 16.6. The molecule has 0 spiro atoms. The topological polar surface area (TPSA) is 56.8 Å². The molecule has 0 radical (unpaired) electrons. The second-order valence-electron chi connectivity index (χ2n) is 5.61. The largest absolute Gasteiger partial charge is 0.493 e. The number of carbonyl (C=O) groups excluding carboxylic acids is 1. The van der Waals surface area contributed by atoms with Crippen molar-refractivity contribution in [2.24, 2.45) is 0 Å². The Morgan fingerprint density at radius 3 is 2.62 bits per heavy atom. The fourth-order valence-corrected chi connectivity index (χ4v) is 2.87. The third-order valence-corrected chi connectivity index (χ3v) is 3.98. The fraction of sp³-hybridized carbons (Fsp3) is 0.211. The minimum absolute atomic E-state index is 0.168. The van der Waals surface area contributed by atoms with E-state index in [2.05, 4.69) is 5.32 Å². The van der Waals surface area contributed by atoms with Gasteiger partial charge in [-0.05, 0) is 23.8 Å². The Kier molecular flexibility index (Phi) is 3.83. The fourth-order valence-electron chi connectivity index (χ4n) is 2.87. The van der Waals surface area contributed by atoms with Crippen LogP contribution in [0.3, 0.4) is 0 Å². The number of hydrogen-bond acceptors (Lipinski definition) is 4. The maximum atomic E-state index is 12.4. The monoisotopic (exact) mass is 323 g/mol. The van der Waals surface area contributed by atoms with Crippen LogP contribution in [0.4, 0.5) is 5.69 Å². The van der Waals surface area contributed by atoms with Gasteiger partial charge in [-0.1, -0.05) is 18.2 Å². The van der Waals surface area contributed by atoms with Crippen molar-refractivity contribution in [1.29, 1.82) is 0 Å². The number of benzene rings is 2. The SMILES string of the molecule is O=C(C=C1CCOc2ccccc21)Nc1ccc2c(c1)OCCO2. The molecule has 2 aliphatic heterocycles. The summed E-state index contributed by atoms with van der Waals surface area (Å²) in [6, 6.07) is 13.2. The van der Waals surface area contributed by atoms with Crippen molar-refractivity contribution in [1.82, 2.24) is 0 Å². The molecule has 1 N–H and O–H groups in total. The van der Waals surface area contributed by atoms with Gasteiger partial charge in [0.15, 0.2) is 11.5 Å². The maximum absolute atomic E-state index is 12.4. The zero-order chi connectivity index (χ0) is 16.4. The molecule has 5 nitrogen and oxygen atoms in total. The summed E-state index contributed by atoms with van der Waals surface area (Å²) in [5.74, 6) is 2.01. The summed E-state index contributed by atoms with van der Waals surface area (Å²) in [6.45, 7) is 1.65. The number of hydrogen-bond donors (Lipinski definition) is 1. The van der Waals surface area contributed by atoms with Gasteiger partial charge in [-0.3, -0.25) is 4.79 Å². The molecule has 1 amide bonds. The first kappa shape index (κ1) is 14.6. The molecule has 24 heavy (non-hydrogen) atoms. The number of amides is 1. The van der Waals surface area contributed by atoms with Crippen LogP contribution in [-0.4, -0.2) is 25.7 Å². The molecule has 2 aliphatic rings. The van der Waals surface area contributed by atoms with Crippen LogP contribution in [0, 0.1) is 0 Å². The highest BCUT2D eigenvalue weighted by molar-refractivity contribution is 6.04. The van der Waals surface area contributed by atoms with E-state index in [0.717, 1.165) is 16.9 Å². The van der Waals surface area contributed by atoms with Crippen molar-refractivity contribution < 1.29 is 19.0 Å². The standard InChI is InChI=1S/C19H17NO4/c21-19(11-13-7-8-22-16-4-2-1-3-15(13)16)20-14-5-6-17-18(12-14)24-10-9-23-17/h1-6,11-12H,7-10H2,(H,20,21). The highest BCUT2D eigenvalue weighted by Gasteiger charge is 2.16. The Balaban J connectivity index is 1.53. The van der Waals surface area contributed by atoms with Gasteiger partial charge in [0, 0.05) is 29.8 Å². The number of fused-ring (bicyclic) bond motifs is 2.